The van der Waals surface area contributed by atoms with Gasteiger partial charge in [-0.2, -0.15) is 0 Å². The van der Waals surface area contributed by atoms with Crippen LogP contribution in [-0.2, 0) is 0 Å². The molecule has 3 rings (SSSR count). The highest BCUT2D eigenvalue weighted by Crippen LogP contribution is 2.40. The molecule has 1 aliphatic carbocycles. The lowest BCUT2D eigenvalue weighted by molar-refractivity contribution is 0.433. The van der Waals surface area contributed by atoms with Crippen LogP contribution >= 0.6 is 11.6 Å². The number of hydrogen-bond donors (Lipinski definition) is 1. The monoisotopic (exact) mass is 263 g/mol. The second kappa shape index (κ2) is 4.24. The molecule has 1 aliphatic rings. The zero-order valence-corrected chi connectivity index (χ0v) is 10.8. The molecule has 1 fully saturated rings. The zero-order chi connectivity index (χ0) is 12.7. The van der Waals surface area contributed by atoms with E-state index in [2.05, 4.69) is 22.4 Å². The zero-order valence-electron chi connectivity index (χ0n) is 10.0. The molecule has 0 amide bonds. The normalized spacial score (nSPS) is 16.8. The SMILES string of the molecule is CC(C1CC1)n1nnnc1-c1ccc(Cl)cc1N. The molecule has 1 unspecified atom stereocenters. The third kappa shape index (κ3) is 1.95. The largest absolute Gasteiger partial charge is 0.398 e. The quantitative estimate of drug-likeness (QED) is 0.864. The maximum absolute atomic E-state index is 5.98. The standard InChI is InChI=1S/C12H14ClN5/c1-7(8-2-3-8)18-12(15-16-17-18)10-5-4-9(13)6-11(10)14/h4-8H,2-3,14H2,1H3. The number of benzene rings is 1. The van der Waals surface area contributed by atoms with Gasteiger partial charge in [0.15, 0.2) is 5.82 Å². The van der Waals surface area contributed by atoms with Crippen LogP contribution in [0.15, 0.2) is 18.2 Å². The number of hydrogen-bond acceptors (Lipinski definition) is 4. The van der Waals surface area contributed by atoms with Gasteiger partial charge in [0, 0.05) is 16.3 Å². The van der Waals surface area contributed by atoms with Gasteiger partial charge in [0.25, 0.3) is 0 Å². The molecule has 1 saturated carbocycles. The molecule has 1 aromatic heterocycles. The van der Waals surface area contributed by atoms with Crippen molar-refractivity contribution in [3.05, 3.63) is 23.2 Å². The minimum atomic E-state index is 0.310. The predicted octanol–water partition coefficient (Wildman–Crippen LogP) is 2.55. The van der Waals surface area contributed by atoms with Crippen LogP contribution in [0, 0.1) is 5.92 Å². The number of anilines is 1. The summed E-state index contributed by atoms with van der Waals surface area (Å²) in [6.07, 6.45) is 2.49. The van der Waals surface area contributed by atoms with Crippen LogP contribution < -0.4 is 5.73 Å². The van der Waals surface area contributed by atoms with Crippen LogP contribution in [0.4, 0.5) is 5.69 Å². The fraction of sp³-hybridized carbons (Fsp3) is 0.417. The molecule has 2 N–H and O–H groups in total. The number of halogens is 1. The number of aromatic nitrogens is 4. The molecule has 0 spiro atoms. The summed E-state index contributed by atoms with van der Waals surface area (Å²) in [5.74, 6) is 1.39. The van der Waals surface area contributed by atoms with E-state index in [-0.39, 0.29) is 0 Å². The van der Waals surface area contributed by atoms with E-state index in [1.807, 2.05) is 10.7 Å². The minimum absolute atomic E-state index is 0.310. The summed E-state index contributed by atoms with van der Waals surface area (Å²) in [6, 6.07) is 5.69. The van der Waals surface area contributed by atoms with Gasteiger partial charge in [-0.15, -0.1) is 5.10 Å². The summed E-state index contributed by atoms with van der Waals surface area (Å²) in [6.45, 7) is 2.14. The molecular formula is C12H14ClN5. The summed E-state index contributed by atoms with van der Waals surface area (Å²) < 4.78 is 1.86. The Morgan fingerprint density at radius 3 is 2.89 bits per heavy atom. The second-order valence-corrected chi connectivity index (χ2v) is 5.19. The van der Waals surface area contributed by atoms with Gasteiger partial charge < -0.3 is 5.73 Å². The maximum atomic E-state index is 5.98. The highest BCUT2D eigenvalue weighted by Gasteiger charge is 2.31. The Hall–Kier alpha value is -1.62. The van der Waals surface area contributed by atoms with Gasteiger partial charge in [0.05, 0.1) is 6.04 Å². The van der Waals surface area contributed by atoms with E-state index >= 15 is 0 Å². The third-order valence-electron chi connectivity index (χ3n) is 3.44. The number of nitrogens with two attached hydrogens (primary N) is 1. The Kier molecular flexibility index (Phi) is 2.70. The van der Waals surface area contributed by atoms with E-state index in [0.29, 0.717) is 28.5 Å². The molecule has 0 aliphatic heterocycles. The minimum Gasteiger partial charge on any atom is -0.398 e. The Morgan fingerprint density at radius 1 is 1.44 bits per heavy atom. The maximum Gasteiger partial charge on any atom is 0.184 e. The predicted molar refractivity (Wildman–Crippen MR) is 70.1 cm³/mol. The van der Waals surface area contributed by atoms with Gasteiger partial charge in [-0.25, -0.2) is 4.68 Å². The van der Waals surface area contributed by atoms with Crippen molar-refractivity contribution in [2.75, 3.05) is 5.73 Å². The van der Waals surface area contributed by atoms with Crippen molar-refractivity contribution in [2.45, 2.75) is 25.8 Å². The topological polar surface area (TPSA) is 69.6 Å². The molecule has 0 bridgehead atoms. The molecule has 2 aromatic rings. The molecule has 0 saturated heterocycles. The summed E-state index contributed by atoms with van der Waals surface area (Å²) in [5.41, 5.74) is 7.41. The van der Waals surface area contributed by atoms with Gasteiger partial charge in [-0.05, 0) is 54.3 Å². The first-order valence-corrected chi connectivity index (χ1v) is 6.38. The van der Waals surface area contributed by atoms with Gasteiger partial charge in [-0.3, -0.25) is 0 Å². The van der Waals surface area contributed by atoms with E-state index < -0.39 is 0 Å². The van der Waals surface area contributed by atoms with Crippen LogP contribution in [0.5, 0.6) is 0 Å². The summed E-state index contributed by atoms with van der Waals surface area (Å²) >= 11 is 5.90. The summed E-state index contributed by atoms with van der Waals surface area (Å²) in [4.78, 5) is 0. The highest BCUT2D eigenvalue weighted by molar-refractivity contribution is 6.31. The fourth-order valence-corrected chi connectivity index (χ4v) is 2.34. The van der Waals surface area contributed by atoms with Crippen LogP contribution in [0.2, 0.25) is 5.02 Å². The van der Waals surface area contributed by atoms with Gasteiger partial charge in [-0.1, -0.05) is 11.6 Å². The van der Waals surface area contributed by atoms with Crippen LogP contribution in [0.3, 0.4) is 0 Å². The Labute approximate surface area is 110 Å². The smallest absolute Gasteiger partial charge is 0.184 e. The van der Waals surface area contributed by atoms with Crippen LogP contribution in [0.25, 0.3) is 11.4 Å². The number of rotatable bonds is 3. The van der Waals surface area contributed by atoms with E-state index in [9.17, 15) is 0 Å². The van der Waals surface area contributed by atoms with E-state index in [1.54, 1.807) is 12.1 Å². The second-order valence-electron chi connectivity index (χ2n) is 4.76. The molecular weight excluding hydrogens is 250 g/mol. The molecule has 1 atom stereocenters. The van der Waals surface area contributed by atoms with Crippen molar-refractivity contribution in [3.8, 4) is 11.4 Å². The van der Waals surface area contributed by atoms with Crippen molar-refractivity contribution in [3.63, 3.8) is 0 Å². The van der Waals surface area contributed by atoms with E-state index in [4.69, 9.17) is 17.3 Å². The first-order valence-electron chi connectivity index (χ1n) is 6.00. The van der Waals surface area contributed by atoms with Crippen molar-refractivity contribution in [1.82, 2.24) is 20.2 Å². The number of tetrazole rings is 1. The number of nitrogen functional groups attached to an aromatic ring is 1. The molecule has 5 nitrogen and oxygen atoms in total. The molecule has 94 valence electrons. The fourth-order valence-electron chi connectivity index (χ4n) is 2.16. The summed E-state index contributed by atoms with van der Waals surface area (Å²) in [7, 11) is 0. The average molecular weight is 264 g/mol. The van der Waals surface area contributed by atoms with Crippen molar-refractivity contribution < 1.29 is 0 Å². The number of nitrogens with zero attached hydrogens (tertiary/aromatic N) is 4. The Balaban J connectivity index is 2.03. The lowest BCUT2D eigenvalue weighted by Crippen LogP contribution is -2.11. The Morgan fingerprint density at radius 2 is 2.22 bits per heavy atom. The van der Waals surface area contributed by atoms with Gasteiger partial charge in [0.1, 0.15) is 0 Å². The highest BCUT2D eigenvalue weighted by atomic mass is 35.5. The van der Waals surface area contributed by atoms with E-state index in [0.717, 1.165) is 5.56 Å². The summed E-state index contributed by atoms with van der Waals surface area (Å²) in [5, 5.41) is 12.6. The van der Waals surface area contributed by atoms with Crippen molar-refractivity contribution in [2.24, 2.45) is 5.92 Å². The molecule has 0 radical (unpaired) electrons. The first-order chi connectivity index (χ1) is 8.66. The molecule has 1 heterocycles. The van der Waals surface area contributed by atoms with Gasteiger partial charge in [0.2, 0.25) is 0 Å². The van der Waals surface area contributed by atoms with Gasteiger partial charge >= 0.3 is 0 Å². The molecule has 1 aromatic carbocycles. The molecule has 18 heavy (non-hydrogen) atoms. The Bertz CT molecular complexity index is 576. The van der Waals surface area contributed by atoms with Crippen molar-refractivity contribution >= 4 is 17.3 Å². The van der Waals surface area contributed by atoms with Crippen molar-refractivity contribution in [1.29, 1.82) is 0 Å². The first kappa shape index (κ1) is 11.5. The lowest BCUT2D eigenvalue weighted by atomic mass is 10.1. The van der Waals surface area contributed by atoms with E-state index in [1.165, 1.54) is 12.8 Å². The van der Waals surface area contributed by atoms with Crippen LogP contribution in [0.1, 0.15) is 25.8 Å². The average Bonchev–Trinajstić information content (AvgIpc) is 3.07. The molecule has 6 heteroatoms. The van der Waals surface area contributed by atoms with Crippen LogP contribution in [-0.4, -0.2) is 20.2 Å². The lowest BCUT2D eigenvalue weighted by Gasteiger charge is -2.13. The third-order valence-corrected chi connectivity index (χ3v) is 3.67.